The van der Waals surface area contributed by atoms with Crippen LogP contribution in [0.1, 0.15) is 23.7 Å². The lowest BCUT2D eigenvalue weighted by molar-refractivity contribution is -0.140. The van der Waals surface area contributed by atoms with E-state index in [2.05, 4.69) is 4.98 Å². The molecular weight excluding hydrogens is 220 g/mol. The summed E-state index contributed by atoms with van der Waals surface area (Å²) >= 11 is 0. The molecule has 0 saturated carbocycles. The van der Waals surface area contributed by atoms with E-state index in [0.29, 0.717) is 12.1 Å². The number of carboxylic acids is 1. The zero-order valence-electron chi connectivity index (χ0n) is 9.67. The lowest BCUT2D eigenvalue weighted by Crippen LogP contribution is -2.28. The molecule has 1 heterocycles. The fourth-order valence-corrected chi connectivity index (χ4v) is 1.53. The molecule has 0 aromatic carbocycles. The molecule has 1 aromatic rings. The Labute approximate surface area is 99.7 Å². The van der Waals surface area contributed by atoms with Crippen LogP contribution >= 0.6 is 0 Å². The second-order valence-corrected chi connectivity index (χ2v) is 4.07. The lowest BCUT2D eigenvalue weighted by Gasteiger charge is -2.15. The summed E-state index contributed by atoms with van der Waals surface area (Å²) in [6.07, 6.45) is 3.17. The van der Waals surface area contributed by atoms with Crippen LogP contribution in [0.5, 0.6) is 0 Å². The predicted molar refractivity (Wildman–Crippen MR) is 62.5 cm³/mol. The number of carbonyl (C=O) groups is 2. The molecule has 2 unspecified atom stereocenters. The zero-order valence-corrected chi connectivity index (χ0v) is 9.67. The Bertz CT molecular complexity index is 392. The first-order valence-electron chi connectivity index (χ1n) is 5.43. The maximum absolute atomic E-state index is 12.0. The monoisotopic (exact) mass is 236 g/mol. The van der Waals surface area contributed by atoms with Crippen LogP contribution in [-0.2, 0) is 4.79 Å². The van der Waals surface area contributed by atoms with Crippen molar-refractivity contribution in [3.63, 3.8) is 0 Å². The van der Waals surface area contributed by atoms with E-state index in [0.717, 1.165) is 0 Å². The Kier molecular flexibility index (Phi) is 4.78. The molecule has 0 spiro atoms. The van der Waals surface area contributed by atoms with Crippen molar-refractivity contribution in [3.8, 4) is 0 Å². The molecule has 2 atom stereocenters. The van der Waals surface area contributed by atoms with Crippen molar-refractivity contribution in [2.45, 2.75) is 13.3 Å². The summed E-state index contributed by atoms with van der Waals surface area (Å²) in [5.74, 6) is -2.57. The van der Waals surface area contributed by atoms with E-state index in [1.807, 2.05) is 6.92 Å². The molecule has 0 amide bonds. The minimum absolute atomic E-state index is 0.00304. The van der Waals surface area contributed by atoms with Gasteiger partial charge in [-0.15, -0.1) is 0 Å². The van der Waals surface area contributed by atoms with Gasteiger partial charge in [-0.05, 0) is 31.0 Å². The molecule has 0 aliphatic heterocycles. The summed E-state index contributed by atoms with van der Waals surface area (Å²) in [5, 5.41) is 9.07. The number of hydrogen-bond acceptors (Lipinski definition) is 4. The van der Waals surface area contributed by atoms with Crippen molar-refractivity contribution >= 4 is 11.8 Å². The number of aliphatic carboxylic acids is 1. The number of aromatic nitrogens is 1. The largest absolute Gasteiger partial charge is 0.481 e. The van der Waals surface area contributed by atoms with Crippen molar-refractivity contribution in [3.05, 3.63) is 30.1 Å². The highest BCUT2D eigenvalue weighted by Crippen LogP contribution is 2.17. The second kappa shape index (κ2) is 6.10. The molecule has 0 aliphatic carbocycles. The number of pyridine rings is 1. The minimum atomic E-state index is -1.11. The van der Waals surface area contributed by atoms with Crippen molar-refractivity contribution in [2.24, 2.45) is 17.6 Å². The molecular formula is C12H16N2O3. The third-order valence-electron chi connectivity index (χ3n) is 2.60. The van der Waals surface area contributed by atoms with Crippen molar-refractivity contribution in [1.82, 2.24) is 4.98 Å². The van der Waals surface area contributed by atoms with Crippen LogP contribution in [-0.4, -0.2) is 28.4 Å². The number of carboxylic acid groups (broad SMARTS) is 1. The van der Waals surface area contributed by atoms with Gasteiger partial charge >= 0.3 is 5.97 Å². The number of carbonyl (C=O) groups excluding carboxylic acids is 1. The van der Waals surface area contributed by atoms with Crippen LogP contribution in [0.2, 0.25) is 0 Å². The normalized spacial score (nSPS) is 14.0. The summed E-state index contributed by atoms with van der Waals surface area (Å²) in [6.45, 7) is 2.19. The molecule has 1 rings (SSSR count). The van der Waals surface area contributed by atoms with Gasteiger partial charge < -0.3 is 10.8 Å². The first kappa shape index (κ1) is 13.3. The fourth-order valence-electron chi connectivity index (χ4n) is 1.53. The van der Waals surface area contributed by atoms with Crippen molar-refractivity contribution < 1.29 is 14.7 Å². The third kappa shape index (κ3) is 3.64. The summed E-state index contributed by atoms with van der Waals surface area (Å²) in [7, 11) is 0. The molecule has 0 bridgehead atoms. The highest BCUT2D eigenvalue weighted by molar-refractivity contribution is 6.07. The Morgan fingerprint density at radius 2 is 2.24 bits per heavy atom. The Morgan fingerprint density at radius 1 is 1.53 bits per heavy atom. The number of hydrogen-bond donors (Lipinski definition) is 2. The van der Waals surface area contributed by atoms with E-state index >= 15 is 0 Å². The van der Waals surface area contributed by atoms with Crippen LogP contribution < -0.4 is 5.73 Å². The van der Waals surface area contributed by atoms with Crippen LogP contribution in [0.15, 0.2) is 24.5 Å². The average molecular weight is 236 g/mol. The number of Topliss-reactive ketones (excluding diaryl/α,β-unsaturated/α-hetero) is 1. The molecule has 0 radical (unpaired) electrons. The van der Waals surface area contributed by atoms with Gasteiger partial charge in [-0.1, -0.05) is 6.92 Å². The fraction of sp³-hybridized carbons (Fsp3) is 0.417. The van der Waals surface area contributed by atoms with E-state index in [-0.39, 0.29) is 12.3 Å². The Morgan fingerprint density at radius 3 is 2.71 bits per heavy atom. The summed E-state index contributed by atoms with van der Waals surface area (Å²) in [6, 6.07) is 3.18. The number of rotatable bonds is 6. The standard InChI is InChI=1S/C12H16N2O3/c1-8(6-13)5-10(12(16)17)11(15)9-3-2-4-14-7-9/h2-4,7-8,10H,5-6,13H2,1H3,(H,16,17). The van der Waals surface area contributed by atoms with Gasteiger partial charge in [0.2, 0.25) is 0 Å². The van der Waals surface area contributed by atoms with E-state index in [9.17, 15) is 9.59 Å². The molecule has 5 nitrogen and oxygen atoms in total. The highest BCUT2D eigenvalue weighted by Gasteiger charge is 2.28. The minimum Gasteiger partial charge on any atom is -0.481 e. The Balaban J connectivity index is 2.85. The van der Waals surface area contributed by atoms with Crippen LogP contribution in [0.3, 0.4) is 0 Å². The van der Waals surface area contributed by atoms with Crippen LogP contribution in [0, 0.1) is 11.8 Å². The smallest absolute Gasteiger partial charge is 0.314 e. The van der Waals surface area contributed by atoms with Gasteiger partial charge in [0.05, 0.1) is 0 Å². The van der Waals surface area contributed by atoms with E-state index < -0.39 is 17.7 Å². The first-order chi connectivity index (χ1) is 8.06. The molecule has 1 aromatic heterocycles. The van der Waals surface area contributed by atoms with Gasteiger partial charge in [0.25, 0.3) is 0 Å². The molecule has 0 fully saturated rings. The van der Waals surface area contributed by atoms with Crippen molar-refractivity contribution in [1.29, 1.82) is 0 Å². The molecule has 92 valence electrons. The van der Waals surface area contributed by atoms with Gasteiger partial charge in [0.1, 0.15) is 5.92 Å². The summed E-state index contributed by atoms with van der Waals surface area (Å²) in [4.78, 5) is 26.9. The van der Waals surface area contributed by atoms with Gasteiger partial charge in [0.15, 0.2) is 5.78 Å². The maximum Gasteiger partial charge on any atom is 0.314 e. The van der Waals surface area contributed by atoms with Gasteiger partial charge in [-0.25, -0.2) is 0 Å². The quantitative estimate of drug-likeness (QED) is 0.566. The van der Waals surface area contributed by atoms with E-state index in [4.69, 9.17) is 10.8 Å². The summed E-state index contributed by atoms with van der Waals surface area (Å²) < 4.78 is 0. The summed E-state index contributed by atoms with van der Waals surface area (Å²) in [5.41, 5.74) is 5.77. The lowest BCUT2D eigenvalue weighted by atomic mass is 9.89. The van der Waals surface area contributed by atoms with Crippen LogP contribution in [0.4, 0.5) is 0 Å². The van der Waals surface area contributed by atoms with E-state index in [1.54, 1.807) is 12.1 Å². The highest BCUT2D eigenvalue weighted by atomic mass is 16.4. The van der Waals surface area contributed by atoms with Gasteiger partial charge in [-0.3, -0.25) is 14.6 Å². The molecule has 0 aliphatic rings. The van der Waals surface area contributed by atoms with Crippen molar-refractivity contribution in [2.75, 3.05) is 6.54 Å². The van der Waals surface area contributed by atoms with Gasteiger partial charge in [-0.2, -0.15) is 0 Å². The maximum atomic E-state index is 12.0. The zero-order chi connectivity index (χ0) is 12.8. The van der Waals surface area contributed by atoms with Crippen LogP contribution in [0.25, 0.3) is 0 Å². The second-order valence-electron chi connectivity index (χ2n) is 4.07. The molecule has 5 heteroatoms. The first-order valence-corrected chi connectivity index (χ1v) is 5.43. The number of nitrogens with zero attached hydrogens (tertiary/aromatic N) is 1. The SMILES string of the molecule is CC(CN)CC(C(=O)O)C(=O)c1cccnc1. The molecule has 0 saturated heterocycles. The molecule has 3 N–H and O–H groups in total. The predicted octanol–water partition coefficient (Wildman–Crippen LogP) is 0.950. The third-order valence-corrected chi connectivity index (χ3v) is 2.60. The average Bonchev–Trinajstić information content (AvgIpc) is 2.35. The molecule has 17 heavy (non-hydrogen) atoms. The van der Waals surface area contributed by atoms with E-state index in [1.165, 1.54) is 12.4 Å². The number of nitrogens with two attached hydrogens (primary N) is 1. The van der Waals surface area contributed by atoms with Gasteiger partial charge in [0, 0.05) is 18.0 Å². The Hall–Kier alpha value is -1.75. The number of ketones is 1. The topological polar surface area (TPSA) is 93.3 Å².